The molecule has 21 heavy (non-hydrogen) atoms. The van der Waals surface area contributed by atoms with Crippen LogP contribution in [0.4, 0.5) is 11.7 Å². The number of aromatic nitrogens is 4. The smallest absolute Gasteiger partial charge is 0.320 e. The molecule has 0 radical (unpaired) electrons. The maximum atomic E-state index is 6.20. The molecule has 1 unspecified atom stereocenters. The Morgan fingerprint density at radius 2 is 2.19 bits per heavy atom. The Kier molecular flexibility index (Phi) is 4.00. The molecule has 0 saturated carbocycles. The molecule has 0 bridgehead atoms. The van der Waals surface area contributed by atoms with Gasteiger partial charge in [-0.25, -0.2) is 0 Å². The largest absolute Gasteiger partial charge is 0.406 e. The van der Waals surface area contributed by atoms with Crippen LogP contribution in [0.2, 0.25) is 5.02 Å². The molecular weight excluding hydrogens is 312 g/mol. The van der Waals surface area contributed by atoms with E-state index in [1.807, 2.05) is 19.9 Å². The van der Waals surface area contributed by atoms with Gasteiger partial charge in [0.1, 0.15) is 11.0 Å². The molecule has 0 amide bonds. The second-order valence-corrected chi connectivity index (χ2v) is 5.34. The fourth-order valence-corrected chi connectivity index (χ4v) is 2.65. The highest BCUT2D eigenvalue weighted by molar-refractivity contribution is 7.00. The Hall–Kier alpha value is -1.77. The van der Waals surface area contributed by atoms with Crippen molar-refractivity contribution in [1.29, 1.82) is 0 Å². The lowest BCUT2D eigenvalue weighted by Gasteiger charge is -2.06. The third-order valence-corrected chi connectivity index (χ3v) is 3.79. The summed E-state index contributed by atoms with van der Waals surface area (Å²) in [5.41, 5.74) is 2.08. The first-order valence-electron chi connectivity index (χ1n) is 6.43. The van der Waals surface area contributed by atoms with Crippen molar-refractivity contribution >= 4 is 46.1 Å². The minimum absolute atomic E-state index is 0.00902. The van der Waals surface area contributed by atoms with E-state index in [9.17, 15) is 0 Å². The Morgan fingerprint density at radius 1 is 1.33 bits per heavy atom. The number of hydrogen-bond acceptors (Lipinski definition) is 8. The molecule has 0 aliphatic carbocycles. The molecule has 0 aliphatic rings. The molecule has 1 atom stereocenters. The van der Waals surface area contributed by atoms with E-state index in [0.717, 1.165) is 23.8 Å². The van der Waals surface area contributed by atoms with Gasteiger partial charge in [-0.15, -0.1) is 5.10 Å². The molecule has 9 heteroatoms. The minimum atomic E-state index is -0.00902. The minimum Gasteiger partial charge on any atom is -0.406 e. The summed E-state index contributed by atoms with van der Waals surface area (Å²) in [6.45, 7) is 4.79. The molecule has 1 aromatic carbocycles. The Morgan fingerprint density at radius 3 is 3.00 bits per heavy atom. The summed E-state index contributed by atoms with van der Waals surface area (Å²) in [7, 11) is 0. The normalized spacial score (nSPS) is 12.7. The van der Waals surface area contributed by atoms with Crippen LogP contribution in [0.3, 0.4) is 0 Å². The summed E-state index contributed by atoms with van der Waals surface area (Å²) in [5.74, 6) is 0.513. The van der Waals surface area contributed by atoms with Crippen LogP contribution in [0.5, 0.6) is 0 Å². The summed E-state index contributed by atoms with van der Waals surface area (Å²) in [4.78, 5) is 0. The second-order valence-electron chi connectivity index (χ2n) is 4.40. The lowest BCUT2D eigenvalue weighted by Crippen LogP contribution is -2.17. The van der Waals surface area contributed by atoms with Crippen molar-refractivity contribution < 1.29 is 4.42 Å². The summed E-state index contributed by atoms with van der Waals surface area (Å²) in [6.07, 6.45) is 0. The van der Waals surface area contributed by atoms with Gasteiger partial charge in [0.2, 0.25) is 5.89 Å². The van der Waals surface area contributed by atoms with Crippen molar-refractivity contribution in [1.82, 2.24) is 24.3 Å². The van der Waals surface area contributed by atoms with Crippen LogP contribution in [-0.4, -0.2) is 25.5 Å². The number of rotatable bonds is 5. The number of hydrogen-bond donors (Lipinski definition) is 2. The van der Waals surface area contributed by atoms with Gasteiger partial charge in [0.05, 0.1) is 28.5 Å². The van der Waals surface area contributed by atoms with E-state index in [-0.39, 0.29) is 12.1 Å². The zero-order valence-corrected chi connectivity index (χ0v) is 13.0. The van der Waals surface area contributed by atoms with Gasteiger partial charge >= 0.3 is 6.01 Å². The van der Waals surface area contributed by atoms with E-state index in [1.54, 1.807) is 6.07 Å². The van der Waals surface area contributed by atoms with Gasteiger partial charge in [0, 0.05) is 0 Å². The van der Waals surface area contributed by atoms with E-state index in [4.69, 9.17) is 16.0 Å². The van der Waals surface area contributed by atoms with E-state index in [1.165, 1.54) is 0 Å². The molecular formula is C12H13ClN6OS. The predicted octanol–water partition coefficient (Wildman–Crippen LogP) is 3.14. The first-order valence-corrected chi connectivity index (χ1v) is 7.54. The SMILES string of the molecule is CCNC(C)c1nnc(Nc2c(Cl)ccc3nsnc23)o1. The van der Waals surface area contributed by atoms with Crippen LogP contribution in [-0.2, 0) is 0 Å². The zero-order valence-electron chi connectivity index (χ0n) is 11.4. The van der Waals surface area contributed by atoms with E-state index >= 15 is 0 Å². The summed E-state index contributed by atoms with van der Waals surface area (Å²) >= 11 is 7.33. The van der Waals surface area contributed by atoms with E-state index < -0.39 is 0 Å². The first kappa shape index (κ1) is 14.2. The van der Waals surface area contributed by atoms with Crippen molar-refractivity contribution in [3.63, 3.8) is 0 Å². The highest BCUT2D eigenvalue weighted by atomic mass is 35.5. The number of fused-ring (bicyclic) bond motifs is 1. The van der Waals surface area contributed by atoms with Gasteiger partial charge in [0.25, 0.3) is 0 Å². The Bertz CT molecular complexity index is 757. The number of halogens is 1. The summed E-state index contributed by atoms with van der Waals surface area (Å²) in [6, 6.07) is 3.84. The molecule has 2 heterocycles. The fourth-order valence-electron chi connectivity index (χ4n) is 1.91. The molecule has 0 saturated heterocycles. The van der Waals surface area contributed by atoms with Gasteiger partial charge in [-0.3, -0.25) is 0 Å². The van der Waals surface area contributed by atoms with Crippen LogP contribution in [0.25, 0.3) is 11.0 Å². The van der Waals surface area contributed by atoms with E-state index in [0.29, 0.717) is 22.1 Å². The topological polar surface area (TPSA) is 88.8 Å². The molecule has 2 aromatic heterocycles. The second kappa shape index (κ2) is 5.92. The maximum Gasteiger partial charge on any atom is 0.320 e. The highest BCUT2D eigenvalue weighted by Crippen LogP contribution is 2.32. The van der Waals surface area contributed by atoms with Crippen LogP contribution in [0, 0.1) is 0 Å². The van der Waals surface area contributed by atoms with Crippen molar-refractivity contribution in [2.24, 2.45) is 0 Å². The van der Waals surface area contributed by atoms with Crippen molar-refractivity contribution in [2.75, 3.05) is 11.9 Å². The average molecular weight is 325 g/mol. The molecule has 110 valence electrons. The van der Waals surface area contributed by atoms with Gasteiger partial charge in [-0.05, 0) is 25.6 Å². The van der Waals surface area contributed by atoms with Crippen LogP contribution < -0.4 is 10.6 Å². The highest BCUT2D eigenvalue weighted by Gasteiger charge is 2.16. The van der Waals surface area contributed by atoms with E-state index in [2.05, 4.69) is 29.6 Å². The predicted molar refractivity (Wildman–Crippen MR) is 82.1 cm³/mol. The molecule has 3 aromatic rings. The lowest BCUT2D eigenvalue weighted by molar-refractivity contribution is 0.430. The molecule has 3 rings (SSSR count). The third-order valence-electron chi connectivity index (χ3n) is 2.93. The van der Waals surface area contributed by atoms with Crippen molar-refractivity contribution in [3.05, 3.63) is 23.0 Å². The van der Waals surface area contributed by atoms with Crippen molar-refractivity contribution in [2.45, 2.75) is 19.9 Å². The van der Waals surface area contributed by atoms with Gasteiger partial charge in [-0.2, -0.15) is 8.75 Å². The van der Waals surface area contributed by atoms with Gasteiger partial charge in [0.15, 0.2) is 0 Å². The van der Waals surface area contributed by atoms with Crippen LogP contribution in [0.1, 0.15) is 25.8 Å². The molecule has 7 nitrogen and oxygen atoms in total. The number of benzene rings is 1. The maximum absolute atomic E-state index is 6.20. The number of nitrogens with zero attached hydrogens (tertiary/aromatic N) is 4. The molecule has 0 fully saturated rings. The standard InChI is InChI=1S/C12H13ClN6OS/c1-3-14-6(2)11-16-17-12(20-11)15-9-7(13)4-5-8-10(9)19-21-18-8/h4-6,14H,3H2,1-2H3,(H,15,17). The monoisotopic (exact) mass is 324 g/mol. The Balaban J connectivity index is 1.89. The Labute approximate surface area is 130 Å². The first-order chi connectivity index (χ1) is 10.2. The van der Waals surface area contributed by atoms with Crippen LogP contribution in [0.15, 0.2) is 16.5 Å². The molecule has 2 N–H and O–H groups in total. The quantitative estimate of drug-likeness (QED) is 0.745. The van der Waals surface area contributed by atoms with Crippen LogP contribution >= 0.6 is 23.3 Å². The summed E-state index contributed by atoms with van der Waals surface area (Å²) < 4.78 is 14.0. The van der Waals surface area contributed by atoms with Gasteiger partial charge in [-0.1, -0.05) is 23.6 Å². The number of nitrogens with one attached hydrogen (secondary N) is 2. The molecule has 0 spiro atoms. The lowest BCUT2D eigenvalue weighted by atomic mass is 10.2. The third kappa shape index (κ3) is 2.82. The summed E-state index contributed by atoms with van der Waals surface area (Å²) in [5, 5.41) is 14.7. The van der Waals surface area contributed by atoms with Gasteiger partial charge < -0.3 is 15.1 Å². The fraction of sp³-hybridized carbons (Fsp3) is 0.333. The molecule has 0 aliphatic heterocycles. The zero-order chi connectivity index (χ0) is 14.8. The average Bonchev–Trinajstić information content (AvgIpc) is 3.11. The van der Waals surface area contributed by atoms with Crippen molar-refractivity contribution in [3.8, 4) is 0 Å². The number of anilines is 2.